The number of fused-ring (bicyclic) bond motifs is 1. The van der Waals surface area contributed by atoms with Crippen molar-refractivity contribution in [1.82, 2.24) is 15.0 Å². The lowest BCUT2D eigenvalue weighted by Gasteiger charge is -2.24. The number of benzene rings is 1. The lowest BCUT2D eigenvalue weighted by molar-refractivity contribution is -0.137. The molecule has 150 valence electrons. The third-order valence-electron chi connectivity index (χ3n) is 4.99. The van der Waals surface area contributed by atoms with Crippen molar-refractivity contribution in [2.24, 2.45) is 0 Å². The average molecular weight is 399 g/mol. The van der Waals surface area contributed by atoms with E-state index in [-0.39, 0.29) is 5.82 Å². The van der Waals surface area contributed by atoms with Crippen LogP contribution in [0.3, 0.4) is 0 Å². The molecule has 0 saturated carbocycles. The first-order chi connectivity index (χ1) is 13.9. The minimum atomic E-state index is -4.44. The summed E-state index contributed by atoms with van der Waals surface area (Å²) in [7, 11) is 0. The average Bonchev–Trinajstić information content (AvgIpc) is 2.92. The van der Waals surface area contributed by atoms with Crippen LogP contribution in [0.4, 0.5) is 30.5 Å². The van der Waals surface area contributed by atoms with Crippen LogP contribution in [0.25, 0.3) is 0 Å². The topological polar surface area (TPSA) is 53.9 Å². The summed E-state index contributed by atoms with van der Waals surface area (Å²) in [5, 5.41) is 3.31. The number of anilines is 3. The van der Waals surface area contributed by atoms with Crippen molar-refractivity contribution in [3.63, 3.8) is 0 Å². The minimum Gasteiger partial charge on any atom is -0.355 e. The van der Waals surface area contributed by atoms with Crippen LogP contribution in [-0.2, 0) is 19.0 Å². The number of pyridine rings is 1. The van der Waals surface area contributed by atoms with Gasteiger partial charge < -0.3 is 10.2 Å². The molecule has 0 bridgehead atoms. The first-order valence-electron chi connectivity index (χ1n) is 9.35. The zero-order valence-electron chi connectivity index (χ0n) is 15.9. The van der Waals surface area contributed by atoms with Crippen molar-refractivity contribution in [3.05, 3.63) is 71.3 Å². The molecule has 0 atom stereocenters. The molecule has 4 rings (SSSR count). The summed E-state index contributed by atoms with van der Waals surface area (Å²) in [6.07, 6.45) is -0.507. The molecular formula is C21H20F3N5. The maximum absolute atomic E-state index is 13.4. The molecule has 0 saturated heterocycles. The van der Waals surface area contributed by atoms with E-state index in [9.17, 15) is 13.2 Å². The van der Waals surface area contributed by atoms with Crippen LogP contribution in [0.15, 0.2) is 48.9 Å². The fourth-order valence-corrected chi connectivity index (χ4v) is 3.49. The van der Waals surface area contributed by atoms with Crippen molar-refractivity contribution >= 4 is 17.3 Å². The monoisotopic (exact) mass is 399 g/mol. The summed E-state index contributed by atoms with van der Waals surface area (Å²) >= 11 is 0. The molecule has 3 aromatic rings. The molecule has 0 fully saturated rings. The predicted octanol–water partition coefficient (Wildman–Crippen LogP) is 4.55. The second kappa shape index (κ2) is 7.69. The second-order valence-corrected chi connectivity index (χ2v) is 7.00. The zero-order chi connectivity index (χ0) is 20.4. The lowest BCUT2D eigenvalue weighted by Crippen LogP contribution is -2.29. The largest absolute Gasteiger partial charge is 0.419 e. The van der Waals surface area contributed by atoms with Crippen LogP contribution >= 0.6 is 0 Å². The fraction of sp³-hybridized carbons (Fsp3) is 0.286. The van der Waals surface area contributed by atoms with Gasteiger partial charge in [-0.1, -0.05) is 17.7 Å². The van der Waals surface area contributed by atoms with E-state index in [2.05, 4.69) is 20.3 Å². The van der Waals surface area contributed by atoms with E-state index in [0.717, 1.165) is 28.6 Å². The number of aryl methyl sites for hydroxylation is 1. The molecule has 1 N–H and O–H groups in total. The number of hydrogen-bond acceptors (Lipinski definition) is 5. The van der Waals surface area contributed by atoms with Gasteiger partial charge in [0.1, 0.15) is 18.0 Å². The van der Waals surface area contributed by atoms with Crippen LogP contribution < -0.4 is 10.2 Å². The third kappa shape index (κ3) is 4.16. The molecule has 2 aromatic heterocycles. The molecule has 0 spiro atoms. The predicted molar refractivity (Wildman–Crippen MR) is 105 cm³/mol. The summed E-state index contributed by atoms with van der Waals surface area (Å²) in [4.78, 5) is 14.5. The molecule has 1 aromatic carbocycles. The van der Waals surface area contributed by atoms with Gasteiger partial charge in [-0.2, -0.15) is 13.2 Å². The summed E-state index contributed by atoms with van der Waals surface area (Å²) < 4.78 is 40.2. The molecule has 5 nitrogen and oxygen atoms in total. The van der Waals surface area contributed by atoms with E-state index in [1.165, 1.54) is 18.6 Å². The Morgan fingerprint density at radius 1 is 0.966 bits per heavy atom. The van der Waals surface area contributed by atoms with Gasteiger partial charge in [0.15, 0.2) is 0 Å². The smallest absolute Gasteiger partial charge is 0.355 e. The van der Waals surface area contributed by atoms with Gasteiger partial charge in [-0.25, -0.2) is 15.0 Å². The Bertz CT molecular complexity index is 1000. The van der Waals surface area contributed by atoms with Gasteiger partial charge >= 0.3 is 6.18 Å². The summed E-state index contributed by atoms with van der Waals surface area (Å²) in [6.45, 7) is 2.83. The van der Waals surface area contributed by atoms with Crippen molar-refractivity contribution in [3.8, 4) is 0 Å². The Hall–Kier alpha value is -3.16. The SMILES string of the molecule is Cc1ccc(Nc2ncnc3c2CCN(c2ncccc2C(F)(F)F)CC3)cc1. The highest BCUT2D eigenvalue weighted by Crippen LogP contribution is 2.36. The standard InChI is InChI=1S/C21H20F3N5/c1-14-4-6-15(7-5-14)28-19-16-8-11-29(12-9-18(16)26-13-27-19)20-17(21(22,23)24)3-2-10-25-20/h2-7,10,13H,8-9,11-12H2,1H3,(H,26,27,28). The van der Waals surface area contributed by atoms with Crippen molar-refractivity contribution in [1.29, 1.82) is 0 Å². The van der Waals surface area contributed by atoms with Crippen LogP contribution in [0, 0.1) is 6.92 Å². The quantitative estimate of drug-likeness (QED) is 0.700. The fourth-order valence-electron chi connectivity index (χ4n) is 3.49. The van der Waals surface area contributed by atoms with Gasteiger partial charge in [-0.3, -0.25) is 0 Å². The highest BCUT2D eigenvalue weighted by molar-refractivity contribution is 5.61. The van der Waals surface area contributed by atoms with Gasteiger partial charge in [0.05, 0.1) is 11.3 Å². The van der Waals surface area contributed by atoms with Crippen LogP contribution in [0.2, 0.25) is 0 Å². The Kier molecular flexibility index (Phi) is 5.08. The van der Waals surface area contributed by atoms with Crippen LogP contribution in [0.5, 0.6) is 0 Å². The normalized spacial score (nSPS) is 14.3. The Balaban J connectivity index is 1.60. The van der Waals surface area contributed by atoms with Gasteiger partial charge in [0.25, 0.3) is 0 Å². The number of nitrogens with zero attached hydrogens (tertiary/aromatic N) is 4. The van der Waals surface area contributed by atoms with E-state index in [0.29, 0.717) is 31.7 Å². The van der Waals surface area contributed by atoms with E-state index in [4.69, 9.17) is 0 Å². The van der Waals surface area contributed by atoms with Crippen molar-refractivity contribution in [2.75, 3.05) is 23.3 Å². The Morgan fingerprint density at radius 3 is 2.48 bits per heavy atom. The van der Waals surface area contributed by atoms with Gasteiger partial charge in [-0.05, 0) is 37.6 Å². The summed E-state index contributed by atoms with van der Waals surface area (Å²) in [5.41, 5.74) is 3.13. The first kappa shape index (κ1) is 19.2. The minimum absolute atomic E-state index is 0.0335. The maximum atomic E-state index is 13.4. The number of hydrogen-bond donors (Lipinski definition) is 1. The molecule has 1 aliphatic heterocycles. The third-order valence-corrected chi connectivity index (χ3v) is 4.99. The number of alkyl halides is 3. The zero-order valence-corrected chi connectivity index (χ0v) is 15.9. The maximum Gasteiger partial charge on any atom is 0.419 e. The van der Waals surface area contributed by atoms with Crippen LogP contribution in [0.1, 0.15) is 22.4 Å². The Labute approximate surface area is 166 Å². The van der Waals surface area contributed by atoms with Gasteiger partial charge in [-0.15, -0.1) is 0 Å². The highest BCUT2D eigenvalue weighted by atomic mass is 19.4. The molecular weight excluding hydrogens is 379 g/mol. The van der Waals surface area contributed by atoms with E-state index < -0.39 is 11.7 Å². The van der Waals surface area contributed by atoms with E-state index >= 15 is 0 Å². The number of aromatic nitrogens is 3. The van der Waals surface area contributed by atoms with Gasteiger partial charge in [0.2, 0.25) is 0 Å². The molecule has 0 unspecified atom stereocenters. The van der Waals surface area contributed by atoms with E-state index in [1.807, 2.05) is 31.2 Å². The number of nitrogens with one attached hydrogen (secondary N) is 1. The second-order valence-electron chi connectivity index (χ2n) is 7.00. The number of halogens is 3. The lowest BCUT2D eigenvalue weighted by atomic mass is 10.1. The molecule has 8 heteroatoms. The van der Waals surface area contributed by atoms with Crippen LogP contribution in [-0.4, -0.2) is 28.0 Å². The van der Waals surface area contributed by atoms with Gasteiger partial charge in [0, 0.05) is 37.0 Å². The molecule has 0 amide bonds. The molecule has 0 radical (unpaired) electrons. The first-order valence-corrected chi connectivity index (χ1v) is 9.35. The van der Waals surface area contributed by atoms with E-state index in [1.54, 1.807) is 4.90 Å². The summed E-state index contributed by atoms with van der Waals surface area (Å²) in [6, 6.07) is 10.3. The molecule has 0 aliphatic carbocycles. The Morgan fingerprint density at radius 2 is 1.72 bits per heavy atom. The van der Waals surface area contributed by atoms with Crippen molar-refractivity contribution in [2.45, 2.75) is 25.9 Å². The highest BCUT2D eigenvalue weighted by Gasteiger charge is 2.36. The number of rotatable bonds is 3. The molecule has 3 heterocycles. The molecule has 1 aliphatic rings. The molecule has 29 heavy (non-hydrogen) atoms. The summed E-state index contributed by atoms with van der Waals surface area (Å²) in [5.74, 6) is 0.659. The van der Waals surface area contributed by atoms with Crippen molar-refractivity contribution < 1.29 is 13.2 Å².